The molecule has 0 atom stereocenters. The number of rotatable bonds is 4. The highest BCUT2D eigenvalue weighted by Crippen LogP contribution is 2.36. The molecule has 1 aromatic heterocycles. The summed E-state index contributed by atoms with van der Waals surface area (Å²) in [5.74, 6) is 0. The highest BCUT2D eigenvalue weighted by Gasteiger charge is 2.33. The average Bonchev–Trinajstić information content (AvgIpc) is 3.15. The van der Waals surface area contributed by atoms with Gasteiger partial charge in [0.2, 0.25) is 0 Å². The van der Waals surface area contributed by atoms with Crippen LogP contribution in [0.2, 0.25) is 5.02 Å². The van der Waals surface area contributed by atoms with E-state index in [1.54, 1.807) is 6.20 Å². The predicted octanol–water partition coefficient (Wildman–Crippen LogP) is 5.90. The standard InChI is InChI=1S/C19H19ClF3N3S/c20-17-9-8-13(11-16(17)19(21,22)23)25-18(27)26(15-6-1-2-7-15)12-14-5-3-4-10-24-14/h3-5,8-11,15H,1-2,6-7,12H2,(H,25,27). The highest BCUT2D eigenvalue weighted by molar-refractivity contribution is 7.80. The van der Waals surface area contributed by atoms with Gasteiger partial charge in [0.1, 0.15) is 0 Å². The topological polar surface area (TPSA) is 28.2 Å². The van der Waals surface area contributed by atoms with Crippen LogP contribution in [0.5, 0.6) is 0 Å². The van der Waals surface area contributed by atoms with Crippen molar-refractivity contribution in [2.45, 2.75) is 44.4 Å². The van der Waals surface area contributed by atoms with Crippen molar-refractivity contribution in [3.8, 4) is 0 Å². The number of thiocarbonyl (C=S) groups is 1. The molecule has 144 valence electrons. The molecule has 8 heteroatoms. The minimum absolute atomic E-state index is 0.251. The third-order valence-electron chi connectivity index (χ3n) is 4.61. The van der Waals surface area contributed by atoms with E-state index in [4.69, 9.17) is 23.8 Å². The van der Waals surface area contributed by atoms with Crippen LogP contribution in [0.15, 0.2) is 42.6 Å². The number of anilines is 1. The molecule has 1 aromatic carbocycles. The fourth-order valence-electron chi connectivity index (χ4n) is 3.26. The molecule has 1 heterocycles. The Bertz CT molecular complexity index is 793. The lowest BCUT2D eigenvalue weighted by Gasteiger charge is -2.31. The van der Waals surface area contributed by atoms with E-state index in [0.717, 1.165) is 37.4 Å². The highest BCUT2D eigenvalue weighted by atomic mass is 35.5. The van der Waals surface area contributed by atoms with Crippen LogP contribution in [0.4, 0.5) is 18.9 Å². The fraction of sp³-hybridized carbons (Fsp3) is 0.368. The van der Waals surface area contributed by atoms with Crippen molar-refractivity contribution in [1.82, 2.24) is 9.88 Å². The van der Waals surface area contributed by atoms with Gasteiger partial charge in [-0.05, 0) is 55.4 Å². The number of hydrogen-bond acceptors (Lipinski definition) is 2. The van der Waals surface area contributed by atoms with Crippen LogP contribution in [-0.4, -0.2) is 21.0 Å². The largest absolute Gasteiger partial charge is 0.417 e. The maximum absolute atomic E-state index is 13.1. The van der Waals surface area contributed by atoms with Crippen LogP contribution in [0.25, 0.3) is 0 Å². The molecule has 3 rings (SSSR count). The molecule has 1 N–H and O–H groups in total. The van der Waals surface area contributed by atoms with Crippen molar-refractivity contribution in [3.63, 3.8) is 0 Å². The Morgan fingerprint density at radius 1 is 1.22 bits per heavy atom. The van der Waals surface area contributed by atoms with E-state index in [-0.39, 0.29) is 16.8 Å². The summed E-state index contributed by atoms with van der Waals surface area (Å²) in [6, 6.07) is 9.62. The zero-order valence-electron chi connectivity index (χ0n) is 14.5. The van der Waals surface area contributed by atoms with Gasteiger partial charge in [-0.2, -0.15) is 13.2 Å². The van der Waals surface area contributed by atoms with Gasteiger partial charge in [-0.3, -0.25) is 4.98 Å². The first-order chi connectivity index (χ1) is 12.8. The lowest BCUT2D eigenvalue weighted by atomic mass is 10.2. The second-order valence-electron chi connectivity index (χ2n) is 6.51. The summed E-state index contributed by atoms with van der Waals surface area (Å²) in [6.45, 7) is 0.511. The molecular weight excluding hydrogens is 395 g/mol. The number of aromatic nitrogens is 1. The van der Waals surface area contributed by atoms with E-state index in [1.807, 2.05) is 23.1 Å². The van der Waals surface area contributed by atoms with Gasteiger partial charge < -0.3 is 10.2 Å². The Morgan fingerprint density at radius 2 is 1.96 bits per heavy atom. The molecule has 0 unspecified atom stereocenters. The van der Waals surface area contributed by atoms with Gasteiger partial charge in [0, 0.05) is 17.9 Å². The van der Waals surface area contributed by atoms with Crippen molar-refractivity contribution < 1.29 is 13.2 Å². The van der Waals surface area contributed by atoms with Crippen molar-refractivity contribution in [2.24, 2.45) is 0 Å². The summed E-state index contributed by atoms with van der Waals surface area (Å²) in [4.78, 5) is 6.36. The summed E-state index contributed by atoms with van der Waals surface area (Å²) in [5, 5.41) is 3.01. The van der Waals surface area contributed by atoms with Gasteiger partial charge in [-0.25, -0.2) is 0 Å². The molecule has 0 saturated heterocycles. The maximum atomic E-state index is 13.1. The van der Waals surface area contributed by atoms with E-state index in [2.05, 4.69) is 10.3 Å². The number of benzene rings is 1. The number of alkyl halides is 3. The molecule has 0 amide bonds. The third-order valence-corrected chi connectivity index (χ3v) is 5.27. The maximum Gasteiger partial charge on any atom is 0.417 e. The van der Waals surface area contributed by atoms with Crippen LogP contribution in [-0.2, 0) is 12.7 Å². The van der Waals surface area contributed by atoms with Gasteiger partial charge in [0.05, 0.1) is 22.8 Å². The SMILES string of the molecule is FC(F)(F)c1cc(NC(=S)N(Cc2ccccn2)C2CCCC2)ccc1Cl. The molecule has 0 radical (unpaired) electrons. The first-order valence-electron chi connectivity index (χ1n) is 8.69. The second-order valence-corrected chi connectivity index (χ2v) is 7.30. The van der Waals surface area contributed by atoms with Crippen LogP contribution >= 0.6 is 23.8 Å². The molecule has 0 spiro atoms. The van der Waals surface area contributed by atoms with Crippen molar-refractivity contribution >= 4 is 34.6 Å². The zero-order chi connectivity index (χ0) is 19.4. The normalized spacial score (nSPS) is 15.0. The molecular formula is C19H19ClF3N3S. The molecule has 0 bridgehead atoms. The number of pyridine rings is 1. The Kier molecular flexibility index (Phi) is 6.22. The smallest absolute Gasteiger partial charge is 0.340 e. The fourth-order valence-corrected chi connectivity index (χ4v) is 3.82. The summed E-state index contributed by atoms with van der Waals surface area (Å²) >= 11 is 11.2. The summed E-state index contributed by atoms with van der Waals surface area (Å²) < 4.78 is 39.3. The molecule has 1 fully saturated rings. The van der Waals surface area contributed by atoms with E-state index in [0.29, 0.717) is 11.7 Å². The van der Waals surface area contributed by atoms with Crippen molar-refractivity contribution in [3.05, 3.63) is 58.9 Å². The minimum atomic E-state index is -4.52. The van der Waals surface area contributed by atoms with E-state index >= 15 is 0 Å². The summed E-state index contributed by atoms with van der Waals surface area (Å²) in [6.07, 6.45) is 1.44. The molecule has 1 aliphatic carbocycles. The lowest BCUT2D eigenvalue weighted by Crippen LogP contribution is -2.41. The van der Waals surface area contributed by atoms with E-state index in [1.165, 1.54) is 12.1 Å². The Hall–Kier alpha value is -1.86. The molecule has 27 heavy (non-hydrogen) atoms. The van der Waals surface area contributed by atoms with Crippen LogP contribution in [0.1, 0.15) is 36.9 Å². The van der Waals surface area contributed by atoms with E-state index < -0.39 is 11.7 Å². The molecule has 3 nitrogen and oxygen atoms in total. The first-order valence-corrected chi connectivity index (χ1v) is 9.47. The van der Waals surface area contributed by atoms with Gasteiger partial charge in [0.25, 0.3) is 0 Å². The first kappa shape index (κ1) is 19.9. The lowest BCUT2D eigenvalue weighted by molar-refractivity contribution is -0.137. The van der Waals surface area contributed by atoms with Gasteiger partial charge in [-0.15, -0.1) is 0 Å². The van der Waals surface area contributed by atoms with Crippen LogP contribution in [0.3, 0.4) is 0 Å². The van der Waals surface area contributed by atoms with Gasteiger partial charge >= 0.3 is 6.18 Å². The quantitative estimate of drug-likeness (QED) is 0.632. The zero-order valence-corrected chi connectivity index (χ0v) is 16.0. The molecule has 0 aliphatic heterocycles. The number of halogens is 4. The van der Waals surface area contributed by atoms with Crippen LogP contribution in [0, 0.1) is 0 Å². The summed E-state index contributed by atoms with van der Waals surface area (Å²) in [7, 11) is 0. The Labute approximate surface area is 166 Å². The minimum Gasteiger partial charge on any atom is -0.340 e. The van der Waals surface area contributed by atoms with Gasteiger partial charge in [-0.1, -0.05) is 30.5 Å². The van der Waals surface area contributed by atoms with Crippen LogP contribution < -0.4 is 5.32 Å². The monoisotopic (exact) mass is 413 g/mol. The molecule has 2 aromatic rings. The number of nitrogens with one attached hydrogen (secondary N) is 1. The number of nitrogens with zero attached hydrogens (tertiary/aromatic N) is 2. The molecule has 1 saturated carbocycles. The second kappa shape index (κ2) is 8.44. The van der Waals surface area contributed by atoms with Gasteiger partial charge in [0.15, 0.2) is 5.11 Å². The average molecular weight is 414 g/mol. The molecule has 1 aliphatic rings. The number of hydrogen-bond donors (Lipinski definition) is 1. The summed E-state index contributed by atoms with van der Waals surface area (Å²) in [5.41, 5.74) is 0.246. The predicted molar refractivity (Wildman–Crippen MR) is 105 cm³/mol. The Balaban J connectivity index is 1.80. The Morgan fingerprint density at radius 3 is 2.59 bits per heavy atom. The van der Waals surface area contributed by atoms with Crippen molar-refractivity contribution in [1.29, 1.82) is 0 Å². The van der Waals surface area contributed by atoms with Crippen molar-refractivity contribution in [2.75, 3.05) is 5.32 Å². The van der Waals surface area contributed by atoms with E-state index in [9.17, 15) is 13.2 Å². The third kappa shape index (κ3) is 5.11.